The molecule has 1 aliphatic carbocycles. The molecule has 2 saturated heterocycles. The summed E-state index contributed by atoms with van der Waals surface area (Å²) in [6, 6.07) is 20.1. The van der Waals surface area contributed by atoms with Gasteiger partial charge < -0.3 is 15.6 Å². The van der Waals surface area contributed by atoms with Crippen molar-refractivity contribution in [1.29, 1.82) is 0 Å². The lowest BCUT2D eigenvalue weighted by atomic mass is 9.89. The Morgan fingerprint density at radius 2 is 1.55 bits per heavy atom. The van der Waals surface area contributed by atoms with Crippen molar-refractivity contribution in [2.24, 2.45) is 7.05 Å². The molecule has 3 fully saturated rings. The largest absolute Gasteiger partial charge is 0.383 e. The lowest BCUT2D eigenvalue weighted by Crippen LogP contribution is -2.55. The number of anilines is 2. The topological polar surface area (TPSA) is 110 Å². The smallest absolute Gasteiger partial charge is 0.272 e. The molecule has 3 aromatic heterocycles. The number of benzene rings is 2. The lowest BCUT2D eigenvalue weighted by molar-refractivity contribution is 0.0393. The number of nitrogens with two attached hydrogens (primary N) is 1. The summed E-state index contributed by atoms with van der Waals surface area (Å²) in [5.41, 5.74) is 11.3. The number of amides is 1. The highest BCUT2D eigenvalue weighted by atomic mass is 16.1. The molecule has 2 bridgehead atoms. The molecule has 10 nitrogen and oxygen atoms in total. The maximum Gasteiger partial charge on any atom is 0.272 e. The Hall–Kier alpha value is -4.28. The van der Waals surface area contributed by atoms with E-state index in [2.05, 4.69) is 36.8 Å². The van der Waals surface area contributed by atoms with Crippen LogP contribution in [0.1, 0.15) is 55.1 Å². The minimum absolute atomic E-state index is 0.149. The van der Waals surface area contributed by atoms with Crippen LogP contribution in [0.2, 0.25) is 0 Å². The van der Waals surface area contributed by atoms with Crippen LogP contribution in [0.15, 0.2) is 60.9 Å². The highest BCUT2D eigenvalue weighted by molar-refractivity contribution is 6.06. The van der Waals surface area contributed by atoms with E-state index in [0.29, 0.717) is 23.2 Å². The average molecular weight is 590 g/mol. The summed E-state index contributed by atoms with van der Waals surface area (Å²) in [6.07, 6.45) is 8.72. The summed E-state index contributed by atoms with van der Waals surface area (Å²) < 4.78 is 4.02. The fourth-order valence-electron chi connectivity index (χ4n) is 7.98. The third-order valence-corrected chi connectivity index (χ3v) is 10.5. The maximum atomic E-state index is 13.1. The summed E-state index contributed by atoms with van der Waals surface area (Å²) in [6.45, 7) is 2.42. The second kappa shape index (κ2) is 10.7. The van der Waals surface area contributed by atoms with E-state index in [1.807, 2.05) is 66.2 Å². The van der Waals surface area contributed by atoms with Gasteiger partial charge in [0, 0.05) is 60.4 Å². The number of piperazine rings is 1. The molecule has 3 N–H and O–H groups in total. The fraction of sp³-hybridized carbons (Fsp3) is 0.412. The summed E-state index contributed by atoms with van der Waals surface area (Å²) in [5, 5.41) is 10.00. The Morgan fingerprint density at radius 3 is 2.27 bits per heavy atom. The predicted molar refractivity (Wildman–Crippen MR) is 173 cm³/mol. The van der Waals surface area contributed by atoms with Crippen LogP contribution in [0.25, 0.3) is 33.2 Å². The van der Waals surface area contributed by atoms with Gasteiger partial charge in [0.05, 0.1) is 11.4 Å². The molecular weight excluding hydrogens is 550 g/mol. The van der Waals surface area contributed by atoms with Gasteiger partial charge in [-0.05, 0) is 69.8 Å². The lowest BCUT2D eigenvalue weighted by Gasteiger charge is -2.44. The SMILES string of the molecule is CN1C2CCC1CN([C@H]1CC[C@H](n3nc(-c4ccc(NC(=O)c5cc6ccccc6n5C)cc4)c4c(N)ncnc43)CC1)C2. The van der Waals surface area contributed by atoms with E-state index >= 15 is 0 Å². The van der Waals surface area contributed by atoms with Gasteiger partial charge in [-0.2, -0.15) is 5.10 Å². The number of hydrogen-bond acceptors (Lipinski definition) is 7. The monoisotopic (exact) mass is 589 g/mol. The Kier molecular flexibility index (Phi) is 6.64. The van der Waals surface area contributed by atoms with Crippen LogP contribution in [-0.4, -0.2) is 78.3 Å². The van der Waals surface area contributed by atoms with E-state index < -0.39 is 0 Å². The van der Waals surface area contributed by atoms with E-state index in [1.165, 1.54) is 45.1 Å². The van der Waals surface area contributed by atoms with Gasteiger partial charge in [-0.3, -0.25) is 14.6 Å². The van der Waals surface area contributed by atoms with Crippen molar-refractivity contribution >= 4 is 39.3 Å². The van der Waals surface area contributed by atoms with Crippen molar-refractivity contribution in [3.8, 4) is 11.3 Å². The van der Waals surface area contributed by atoms with E-state index in [0.717, 1.165) is 58.1 Å². The molecule has 1 amide bonds. The predicted octanol–water partition coefficient (Wildman–Crippen LogP) is 5.08. The minimum atomic E-state index is -0.149. The first-order valence-electron chi connectivity index (χ1n) is 15.9. The van der Waals surface area contributed by atoms with Gasteiger partial charge in [-0.25, -0.2) is 14.6 Å². The van der Waals surface area contributed by atoms with Crippen LogP contribution < -0.4 is 11.1 Å². The molecule has 2 atom stereocenters. The molecule has 5 heterocycles. The maximum absolute atomic E-state index is 13.1. The molecule has 5 aromatic rings. The standard InChI is InChI=1S/C34H39N9O/c1-40-26-15-16-27(40)19-42(18-26)24-11-13-25(14-12-24)43-33-30(32(35)36-20-37-33)31(39-43)21-7-9-23(10-8-21)38-34(44)29-17-22-5-3-4-6-28(22)41(29)2/h3-10,17,20,24-27H,11-16,18-19H2,1-2H3,(H,38,44)(H2,35,36,37)/t24-,25-,26?,27?. The number of aromatic nitrogens is 5. The number of hydrogen-bond donors (Lipinski definition) is 2. The van der Waals surface area contributed by atoms with Crippen LogP contribution in [0.4, 0.5) is 11.5 Å². The van der Waals surface area contributed by atoms with E-state index in [9.17, 15) is 4.79 Å². The number of para-hydroxylation sites is 1. The average Bonchev–Trinajstić information content (AvgIpc) is 3.65. The Bertz CT molecular complexity index is 1840. The normalized spacial score (nSPS) is 24.3. The number of likely N-dealkylation sites (N-methyl/N-ethyl adjacent to an activating group) is 1. The number of rotatable bonds is 5. The fourth-order valence-corrected chi connectivity index (χ4v) is 7.98. The number of likely N-dealkylation sites (tertiary alicyclic amines) is 1. The second-order valence-electron chi connectivity index (χ2n) is 12.9. The van der Waals surface area contributed by atoms with Crippen molar-refractivity contribution < 1.29 is 4.79 Å². The van der Waals surface area contributed by atoms with Crippen molar-refractivity contribution in [3.05, 3.63) is 66.6 Å². The molecule has 0 spiro atoms. The molecule has 1 saturated carbocycles. The van der Waals surface area contributed by atoms with Crippen molar-refractivity contribution in [2.45, 2.75) is 62.7 Å². The van der Waals surface area contributed by atoms with E-state index in [1.54, 1.807) is 0 Å². The molecule has 10 heteroatoms. The summed E-state index contributed by atoms with van der Waals surface area (Å²) in [5.74, 6) is 0.287. The zero-order valence-corrected chi connectivity index (χ0v) is 25.4. The molecule has 2 unspecified atom stereocenters. The third kappa shape index (κ3) is 4.55. The van der Waals surface area contributed by atoms with Crippen LogP contribution in [0.5, 0.6) is 0 Å². The number of fused-ring (bicyclic) bond motifs is 4. The molecule has 2 aliphatic heterocycles. The first-order chi connectivity index (χ1) is 21.4. The number of aryl methyl sites for hydroxylation is 1. The Balaban J connectivity index is 1.01. The van der Waals surface area contributed by atoms with Gasteiger partial charge in [-0.1, -0.05) is 30.3 Å². The number of carbonyl (C=O) groups excluding carboxylic acids is 1. The highest BCUT2D eigenvalue weighted by Crippen LogP contribution is 2.39. The van der Waals surface area contributed by atoms with Gasteiger partial charge in [0.15, 0.2) is 5.65 Å². The number of nitrogens with zero attached hydrogens (tertiary/aromatic N) is 7. The van der Waals surface area contributed by atoms with Crippen LogP contribution >= 0.6 is 0 Å². The zero-order chi connectivity index (χ0) is 29.9. The van der Waals surface area contributed by atoms with Gasteiger partial charge >= 0.3 is 0 Å². The highest BCUT2D eigenvalue weighted by Gasteiger charge is 2.40. The van der Waals surface area contributed by atoms with Crippen molar-refractivity contribution in [1.82, 2.24) is 34.1 Å². The van der Waals surface area contributed by atoms with Gasteiger partial charge in [0.2, 0.25) is 0 Å². The van der Waals surface area contributed by atoms with Crippen LogP contribution in [0.3, 0.4) is 0 Å². The number of nitrogens with one attached hydrogen (secondary N) is 1. The Morgan fingerprint density at radius 1 is 0.864 bits per heavy atom. The van der Waals surface area contributed by atoms with Gasteiger partial charge in [0.1, 0.15) is 23.5 Å². The van der Waals surface area contributed by atoms with Crippen LogP contribution in [-0.2, 0) is 7.05 Å². The first-order valence-corrected chi connectivity index (χ1v) is 15.9. The summed E-state index contributed by atoms with van der Waals surface area (Å²) in [4.78, 5) is 27.5. The Labute approximate surface area is 256 Å². The number of carbonyl (C=O) groups is 1. The molecule has 2 aromatic carbocycles. The quantitative estimate of drug-likeness (QED) is 0.294. The first kappa shape index (κ1) is 27.3. The van der Waals surface area contributed by atoms with Gasteiger partial charge in [0.25, 0.3) is 5.91 Å². The third-order valence-electron chi connectivity index (χ3n) is 10.5. The van der Waals surface area contributed by atoms with E-state index in [-0.39, 0.29) is 11.9 Å². The van der Waals surface area contributed by atoms with E-state index in [4.69, 9.17) is 10.8 Å². The van der Waals surface area contributed by atoms with Crippen LogP contribution in [0, 0.1) is 0 Å². The molecule has 0 radical (unpaired) electrons. The molecule has 8 rings (SSSR count). The zero-order valence-electron chi connectivity index (χ0n) is 25.4. The molecule has 226 valence electrons. The molecule has 44 heavy (non-hydrogen) atoms. The molecular formula is C34H39N9O. The summed E-state index contributed by atoms with van der Waals surface area (Å²) in [7, 11) is 4.22. The summed E-state index contributed by atoms with van der Waals surface area (Å²) >= 11 is 0. The molecule has 3 aliphatic rings. The minimum Gasteiger partial charge on any atom is -0.383 e. The van der Waals surface area contributed by atoms with Crippen molar-refractivity contribution in [3.63, 3.8) is 0 Å². The number of nitrogen functional groups attached to an aromatic ring is 1. The van der Waals surface area contributed by atoms with Crippen molar-refractivity contribution in [2.75, 3.05) is 31.2 Å². The second-order valence-corrected chi connectivity index (χ2v) is 12.9. The van der Waals surface area contributed by atoms with Gasteiger partial charge in [-0.15, -0.1) is 0 Å².